The first-order valence-electron chi connectivity index (χ1n) is 6.87. The maximum absolute atomic E-state index is 12.5. The number of hydrogen-bond acceptors (Lipinski definition) is 4. The van der Waals surface area contributed by atoms with Crippen LogP contribution in [0.5, 0.6) is 5.75 Å². The number of alkyl halides is 3. The molecule has 0 unspecified atom stereocenters. The minimum absolute atomic E-state index is 0.0328. The molecule has 2 rings (SSSR count). The highest BCUT2D eigenvalue weighted by molar-refractivity contribution is 5.82. The molecule has 1 aromatic rings. The molecular formula is C14H18F3N3O2. The first-order chi connectivity index (χ1) is 10.3. The van der Waals surface area contributed by atoms with Crippen LogP contribution in [0.3, 0.4) is 0 Å². The highest BCUT2D eigenvalue weighted by Gasteiger charge is 2.42. The molecule has 122 valence electrons. The van der Waals surface area contributed by atoms with Crippen LogP contribution in [0.15, 0.2) is 18.2 Å². The van der Waals surface area contributed by atoms with E-state index in [-0.39, 0.29) is 13.1 Å². The molecule has 22 heavy (non-hydrogen) atoms. The van der Waals surface area contributed by atoms with E-state index in [1.54, 1.807) is 18.2 Å². The van der Waals surface area contributed by atoms with Gasteiger partial charge in [0, 0.05) is 37.9 Å². The largest absolute Gasteiger partial charge is 0.495 e. The molecule has 1 aromatic carbocycles. The number of rotatable bonds is 2. The van der Waals surface area contributed by atoms with Gasteiger partial charge in [-0.1, -0.05) is 0 Å². The zero-order valence-electron chi connectivity index (χ0n) is 12.2. The maximum atomic E-state index is 12.5. The number of hydrogen-bond donors (Lipinski definition) is 1. The SMILES string of the molecule is COc1cc(N2CCCN(C(=O)C(F)(F)F)CC2)ccc1N. The molecule has 0 radical (unpaired) electrons. The fourth-order valence-corrected chi connectivity index (χ4v) is 2.45. The van der Waals surface area contributed by atoms with Gasteiger partial charge in [-0.15, -0.1) is 0 Å². The van der Waals surface area contributed by atoms with E-state index in [9.17, 15) is 18.0 Å². The minimum Gasteiger partial charge on any atom is -0.495 e. The zero-order valence-corrected chi connectivity index (χ0v) is 12.2. The van der Waals surface area contributed by atoms with E-state index >= 15 is 0 Å². The predicted octanol–water partition coefficient (Wildman–Crippen LogP) is 1.88. The van der Waals surface area contributed by atoms with Crippen LogP contribution in [0.2, 0.25) is 0 Å². The van der Waals surface area contributed by atoms with Gasteiger partial charge in [0.1, 0.15) is 5.75 Å². The standard InChI is InChI=1S/C14H18F3N3O2/c1-22-12-9-10(3-4-11(12)18)19-5-2-6-20(8-7-19)13(21)14(15,16)17/h3-4,9H,2,5-8,18H2,1H3. The van der Waals surface area contributed by atoms with Crippen molar-refractivity contribution >= 4 is 17.3 Å². The van der Waals surface area contributed by atoms with Crippen molar-refractivity contribution in [2.75, 3.05) is 43.9 Å². The molecule has 2 N–H and O–H groups in total. The second-order valence-electron chi connectivity index (χ2n) is 5.06. The Hall–Kier alpha value is -2.12. The fraction of sp³-hybridized carbons (Fsp3) is 0.500. The Morgan fingerprint density at radius 3 is 2.59 bits per heavy atom. The lowest BCUT2D eigenvalue weighted by Gasteiger charge is -2.24. The summed E-state index contributed by atoms with van der Waals surface area (Å²) in [4.78, 5) is 14.1. The minimum atomic E-state index is -4.82. The summed E-state index contributed by atoms with van der Waals surface area (Å²) in [5.41, 5.74) is 7.06. The first kappa shape index (κ1) is 16.3. The summed E-state index contributed by atoms with van der Waals surface area (Å²) in [6.07, 6.45) is -4.35. The Kier molecular flexibility index (Phi) is 4.68. The van der Waals surface area contributed by atoms with Crippen LogP contribution >= 0.6 is 0 Å². The summed E-state index contributed by atoms with van der Waals surface area (Å²) in [5.74, 6) is -1.26. The third-order valence-electron chi connectivity index (χ3n) is 3.61. The second-order valence-corrected chi connectivity index (χ2v) is 5.06. The number of methoxy groups -OCH3 is 1. The van der Waals surface area contributed by atoms with Crippen LogP contribution in [0.4, 0.5) is 24.5 Å². The molecule has 1 aliphatic rings. The number of benzene rings is 1. The molecule has 0 bridgehead atoms. The van der Waals surface area contributed by atoms with Gasteiger partial charge in [0.2, 0.25) is 0 Å². The van der Waals surface area contributed by atoms with Crippen molar-refractivity contribution in [3.8, 4) is 5.75 Å². The van der Waals surface area contributed by atoms with Crippen LogP contribution in [0.1, 0.15) is 6.42 Å². The van der Waals surface area contributed by atoms with E-state index in [2.05, 4.69) is 0 Å². The average Bonchev–Trinajstić information content (AvgIpc) is 2.72. The summed E-state index contributed by atoms with van der Waals surface area (Å²) >= 11 is 0. The van der Waals surface area contributed by atoms with Crippen LogP contribution in [-0.4, -0.2) is 50.3 Å². The Balaban J connectivity index is 2.09. The summed E-state index contributed by atoms with van der Waals surface area (Å²) in [6.45, 7) is 1.02. The number of nitrogens with zero attached hydrogens (tertiary/aromatic N) is 2. The number of ether oxygens (including phenoxy) is 1. The lowest BCUT2D eigenvalue weighted by atomic mass is 10.2. The van der Waals surface area contributed by atoms with Crippen molar-refractivity contribution in [2.24, 2.45) is 0 Å². The Labute approximate surface area is 126 Å². The normalized spacial score (nSPS) is 16.4. The summed E-state index contributed by atoms with van der Waals surface area (Å²) in [5, 5.41) is 0. The van der Waals surface area contributed by atoms with Crippen molar-refractivity contribution in [3.63, 3.8) is 0 Å². The molecule has 0 aliphatic carbocycles. The highest BCUT2D eigenvalue weighted by Crippen LogP contribution is 2.28. The zero-order chi connectivity index (χ0) is 16.3. The first-order valence-corrected chi connectivity index (χ1v) is 6.87. The maximum Gasteiger partial charge on any atom is 0.471 e. The molecule has 0 aromatic heterocycles. The van der Waals surface area contributed by atoms with Crippen LogP contribution in [0.25, 0.3) is 0 Å². The van der Waals surface area contributed by atoms with Crippen molar-refractivity contribution in [1.29, 1.82) is 0 Å². The van der Waals surface area contributed by atoms with Gasteiger partial charge in [0.15, 0.2) is 0 Å². The van der Waals surface area contributed by atoms with Crippen molar-refractivity contribution in [1.82, 2.24) is 4.90 Å². The lowest BCUT2D eigenvalue weighted by molar-refractivity contribution is -0.185. The molecule has 0 spiro atoms. The Morgan fingerprint density at radius 1 is 1.23 bits per heavy atom. The molecule has 5 nitrogen and oxygen atoms in total. The number of nitrogen functional groups attached to an aromatic ring is 1. The predicted molar refractivity (Wildman–Crippen MR) is 76.9 cm³/mol. The molecular weight excluding hydrogens is 299 g/mol. The van der Waals surface area contributed by atoms with Gasteiger partial charge in [0.05, 0.1) is 12.8 Å². The topological polar surface area (TPSA) is 58.8 Å². The molecule has 1 heterocycles. The van der Waals surface area contributed by atoms with Crippen LogP contribution in [-0.2, 0) is 4.79 Å². The smallest absolute Gasteiger partial charge is 0.471 e. The fourth-order valence-electron chi connectivity index (χ4n) is 2.45. The number of nitrogens with two attached hydrogens (primary N) is 1. The van der Waals surface area contributed by atoms with Gasteiger partial charge in [-0.2, -0.15) is 13.2 Å². The quantitative estimate of drug-likeness (QED) is 0.846. The van der Waals surface area contributed by atoms with E-state index in [4.69, 9.17) is 10.5 Å². The molecule has 1 saturated heterocycles. The van der Waals surface area contributed by atoms with Crippen LogP contribution < -0.4 is 15.4 Å². The summed E-state index contributed by atoms with van der Waals surface area (Å²) in [6, 6.07) is 5.23. The van der Waals surface area contributed by atoms with Crippen molar-refractivity contribution in [2.45, 2.75) is 12.6 Å². The van der Waals surface area contributed by atoms with Gasteiger partial charge in [-0.3, -0.25) is 4.79 Å². The summed E-state index contributed by atoms with van der Waals surface area (Å²) in [7, 11) is 1.50. The Bertz CT molecular complexity index is 549. The van der Waals surface area contributed by atoms with Gasteiger partial charge in [0.25, 0.3) is 0 Å². The third-order valence-corrected chi connectivity index (χ3v) is 3.61. The third kappa shape index (κ3) is 3.55. The Morgan fingerprint density at radius 2 is 1.95 bits per heavy atom. The van der Waals surface area contributed by atoms with Gasteiger partial charge < -0.3 is 20.3 Å². The van der Waals surface area contributed by atoms with Crippen molar-refractivity contribution < 1.29 is 22.7 Å². The monoisotopic (exact) mass is 317 g/mol. The van der Waals surface area contributed by atoms with Crippen molar-refractivity contribution in [3.05, 3.63) is 18.2 Å². The molecule has 0 atom stereocenters. The van der Waals surface area contributed by atoms with Crippen LogP contribution in [0, 0.1) is 0 Å². The second kappa shape index (κ2) is 6.33. The molecule has 8 heteroatoms. The van der Waals surface area contributed by atoms with Gasteiger partial charge >= 0.3 is 12.1 Å². The number of amides is 1. The number of halogens is 3. The highest BCUT2D eigenvalue weighted by atomic mass is 19.4. The van der Waals surface area contributed by atoms with E-state index < -0.39 is 12.1 Å². The van der Waals surface area contributed by atoms with E-state index in [0.717, 1.165) is 10.6 Å². The lowest BCUT2D eigenvalue weighted by Crippen LogP contribution is -2.43. The number of carbonyl (C=O) groups excluding carboxylic acids is 1. The van der Waals surface area contributed by atoms with Gasteiger partial charge in [-0.05, 0) is 18.6 Å². The van der Waals surface area contributed by atoms with Gasteiger partial charge in [-0.25, -0.2) is 0 Å². The molecule has 1 aliphatic heterocycles. The average molecular weight is 317 g/mol. The van der Waals surface area contributed by atoms with E-state index in [1.165, 1.54) is 7.11 Å². The molecule has 1 fully saturated rings. The van der Waals surface area contributed by atoms with E-state index in [1.807, 2.05) is 4.90 Å². The molecule has 0 saturated carbocycles. The number of anilines is 2. The van der Waals surface area contributed by atoms with E-state index in [0.29, 0.717) is 30.9 Å². The molecule has 1 amide bonds. The number of carbonyl (C=O) groups is 1. The summed E-state index contributed by atoms with van der Waals surface area (Å²) < 4.78 is 42.6.